The molecule has 1 spiro atoms. The summed E-state index contributed by atoms with van der Waals surface area (Å²) >= 11 is 0. The minimum atomic E-state index is -4.86. The summed E-state index contributed by atoms with van der Waals surface area (Å²) < 4.78 is 98.2. The molecule has 12 heteroatoms. The Morgan fingerprint density at radius 2 is 0.978 bits per heavy atom. The molecule has 0 saturated heterocycles. The van der Waals surface area contributed by atoms with Crippen molar-refractivity contribution in [2.45, 2.75) is 82.7 Å². The van der Waals surface area contributed by atoms with Gasteiger partial charge in [0.1, 0.15) is 23.0 Å². The van der Waals surface area contributed by atoms with Crippen molar-refractivity contribution in [3.05, 3.63) is 82.3 Å². The van der Waals surface area contributed by atoms with Gasteiger partial charge in [0.15, 0.2) is 11.6 Å². The van der Waals surface area contributed by atoms with Crippen LogP contribution in [0.2, 0.25) is 0 Å². The quantitative estimate of drug-likeness (QED) is 0.314. The van der Waals surface area contributed by atoms with E-state index in [1.54, 1.807) is 0 Å². The van der Waals surface area contributed by atoms with Crippen molar-refractivity contribution < 1.29 is 54.9 Å². The average Bonchev–Trinajstić information content (AvgIpc) is 2.90. The van der Waals surface area contributed by atoms with Crippen molar-refractivity contribution in [3.8, 4) is 11.5 Å². The first-order valence-electron chi connectivity index (χ1n) is 14.7. The molecule has 0 radical (unpaired) electrons. The molecule has 2 aromatic carbocycles. The number of hydrogen-bond donors (Lipinski definition) is 0. The number of halogens is 6. The van der Waals surface area contributed by atoms with Gasteiger partial charge in [0.2, 0.25) is 0 Å². The predicted molar refractivity (Wildman–Crippen MR) is 147 cm³/mol. The number of benzene rings is 2. The number of ether oxygens (including phenoxy) is 4. The normalized spacial score (nSPS) is 28.7. The maximum atomic E-state index is 13.4. The summed E-state index contributed by atoms with van der Waals surface area (Å²) in [5.41, 5.74) is 2.04. The molecule has 0 N–H and O–H groups in total. The molecule has 0 aromatic heterocycles. The van der Waals surface area contributed by atoms with Gasteiger partial charge < -0.3 is 18.9 Å². The number of carbonyl (C=O) groups excluding carboxylic acids is 2. The lowest BCUT2D eigenvalue weighted by molar-refractivity contribution is -0.275. The third kappa shape index (κ3) is 6.55. The Morgan fingerprint density at radius 1 is 0.622 bits per heavy atom. The lowest BCUT2D eigenvalue weighted by Crippen LogP contribution is -2.48. The summed E-state index contributed by atoms with van der Waals surface area (Å²) in [7, 11) is 0. The largest absolute Gasteiger partial charge is 0.573 e. The Bertz CT molecular complexity index is 1440. The van der Waals surface area contributed by atoms with E-state index in [9.17, 15) is 35.9 Å². The Balaban J connectivity index is 1.41. The fourth-order valence-corrected chi connectivity index (χ4v) is 7.05. The van der Waals surface area contributed by atoms with Gasteiger partial charge in [-0.3, -0.25) is 9.59 Å². The van der Waals surface area contributed by atoms with E-state index in [0.29, 0.717) is 46.6 Å². The molecule has 0 fully saturated rings. The number of ketones is 2. The topological polar surface area (TPSA) is 71.1 Å². The lowest BCUT2D eigenvalue weighted by atomic mass is 9.70. The number of hydrogen-bond acceptors (Lipinski definition) is 6. The van der Waals surface area contributed by atoms with Crippen molar-refractivity contribution in [1.29, 1.82) is 0 Å². The number of Topliss-reactive ketones (excluding diaryl/α,β-unsaturated/α-hetero) is 2. The van der Waals surface area contributed by atoms with Gasteiger partial charge in [0, 0.05) is 61.5 Å². The van der Waals surface area contributed by atoms with Crippen LogP contribution in [0.5, 0.6) is 11.5 Å². The smallest absolute Gasteiger partial charge is 0.456 e. The fourth-order valence-electron chi connectivity index (χ4n) is 7.05. The van der Waals surface area contributed by atoms with Crippen LogP contribution >= 0.6 is 0 Å². The number of alkyl halides is 6. The van der Waals surface area contributed by atoms with Gasteiger partial charge in [-0.15, -0.1) is 26.3 Å². The summed E-state index contributed by atoms with van der Waals surface area (Å²) in [6.07, 6.45) is -8.03. The van der Waals surface area contributed by atoms with E-state index in [4.69, 9.17) is 9.47 Å². The molecule has 0 saturated carbocycles. The third-order valence-electron chi connectivity index (χ3n) is 8.71. The SMILES string of the molecule is CC1CC(=O)C2=C(C1)OC1(CC2c2ccc(OC(F)(F)F)cc2)CC(c2ccc(OC(F)(F)F)cc2)C2=C(CC(C)CC2=O)O1. The van der Waals surface area contributed by atoms with Crippen molar-refractivity contribution in [2.75, 3.05) is 0 Å². The van der Waals surface area contributed by atoms with Crippen LogP contribution < -0.4 is 9.47 Å². The standard InChI is InChI=1S/C33H30F6O6/c1-17-11-25(40)29-23(19-3-7-21(8-4-19)42-32(34,35)36)15-31(44-27(29)13-17)16-24(30-26(41)12-18(2)14-28(30)45-31)20-5-9-22(10-6-20)43-33(37,38)39/h3-10,17-18,23-24H,11-16H2,1-2H3. The maximum Gasteiger partial charge on any atom is 0.573 e. The predicted octanol–water partition coefficient (Wildman–Crippen LogP) is 8.39. The third-order valence-corrected chi connectivity index (χ3v) is 8.71. The van der Waals surface area contributed by atoms with E-state index in [1.807, 2.05) is 13.8 Å². The Labute approximate surface area is 255 Å². The van der Waals surface area contributed by atoms with Gasteiger partial charge in [-0.1, -0.05) is 38.1 Å². The molecule has 45 heavy (non-hydrogen) atoms. The maximum absolute atomic E-state index is 13.4. The summed E-state index contributed by atoms with van der Waals surface area (Å²) in [4.78, 5) is 26.8. The van der Waals surface area contributed by atoms with Gasteiger partial charge in [0.05, 0.1) is 0 Å². The summed E-state index contributed by atoms with van der Waals surface area (Å²) in [6, 6.07) is 10.7. The molecule has 4 unspecified atom stereocenters. The van der Waals surface area contributed by atoms with Crippen LogP contribution in [0.15, 0.2) is 71.2 Å². The first kappa shape index (κ1) is 31.0. The molecule has 2 aliphatic heterocycles. The molecule has 2 aromatic rings. The summed E-state index contributed by atoms with van der Waals surface area (Å²) in [5, 5.41) is 0. The second-order valence-electron chi connectivity index (χ2n) is 12.4. The van der Waals surface area contributed by atoms with Crippen molar-refractivity contribution in [3.63, 3.8) is 0 Å². The zero-order valence-electron chi connectivity index (χ0n) is 24.4. The summed E-state index contributed by atoms with van der Waals surface area (Å²) in [6.45, 7) is 3.84. The van der Waals surface area contributed by atoms with Crippen LogP contribution in [0.3, 0.4) is 0 Å². The highest BCUT2D eigenvalue weighted by Gasteiger charge is 2.54. The molecule has 4 atom stereocenters. The molecular formula is C33H30F6O6. The molecule has 6 rings (SSSR count). The minimum absolute atomic E-state index is 0.0266. The van der Waals surface area contributed by atoms with Crippen LogP contribution in [0, 0.1) is 11.8 Å². The Hall–Kier alpha value is -3.96. The van der Waals surface area contributed by atoms with E-state index in [0.717, 1.165) is 0 Å². The highest BCUT2D eigenvalue weighted by atomic mass is 19.4. The minimum Gasteiger partial charge on any atom is -0.456 e. The first-order chi connectivity index (χ1) is 21.1. The van der Waals surface area contributed by atoms with E-state index < -0.39 is 41.8 Å². The van der Waals surface area contributed by atoms with Crippen molar-refractivity contribution in [1.82, 2.24) is 0 Å². The van der Waals surface area contributed by atoms with Crippen molar-refractivity contribution >= 4 is 11.6 Å². The zero-order chi connectivity index (χ0) is 32.3. The molecule has 240 valence electrons. The van der Waals surface area contributed by atoms with E-state index in [2.05, 4.69) is 9.47 Å². The first-order valence-corrected chi connectivity index (χ1v) is 14.7. The van der Waals surface area contributed by atoms with Crippen LogP contribution in [0.4, 0.5) is 26.3 Å². The summed E-state index contributed by atoms with van der Waals surface area (Å²) in [5.74, 6) is -2.74. The van der Waals surface area contributed by atoms with Gasteiger partial charge >= 0.3 is 12.7 Å². The van der Waals surface area contributed by atoms with Gasteiger partial charge in [-0.05, 0) is 47.2 Å². The zero-order valence-corrected chi connectivity index (χ0v) is 24.4. The molecule has 0 bridgehead atoms. The molecule has 2 heterocycles. The Kier molecular flexibility index (Phi) is 7.68. The van der Waals surface area contributed by atoms with Gasteiger partial charge in [-0.2, -0.15) is 0 Å². The molecule has 2 aliphatic carbocycles. The highest BCUT2D eigenvalue weighted by Crippen LogP contribution is 2.55. The fraction of sp³-hybridized carbons (Fsp3) is 0.455. The number of rotatable bonds is 4. The van der Waals surface area contributed by atoms with Crippen LogP contribution in [0.1, 0.15) is 75.3 Å². The monoisotopic (exact) mass is 636 g/mol. The number of carbonyl (C=O) groups is 2. The Morgan fingerprint density at radius 3 is 1.31 bits per heavy atom. The van der Waals surface area contributed by atoms with E-state index in [-0.39, 0.29) is 49.1 Å². The average molecular weight is 637 g/mol. The highest BCUT2D eigenvalue weighted by molar-refractivity contribution is 5.99. The molecule has 0 amide bonds. The van der Waals surface area contributed by atoms with Crippen LogP contribution in [-0.2, 0) is 19.1 Å². The van der Waals surface area contributed by atoms with E-state index in [1.165, 1.54) is 48.5 Å². The van der Waals surface area contributed by atoms with Crippen molar-refractivity contribution in [2.24, 2.45) is 11.8 Å². The number of allylic oxidation sites excluding steroid dienone is 4. The second kappa shape index (κ2) is 11.1. The lowest BCUT2D eigenvalue weighted by Gasteiger charge is -2.50. The molecular weight excluding hydrogens is 606 g/mol. The van der Waals surface area contributed by atoms with Crippen LogP contribution in [-0.4, -0.2) is 30.1 Å². The van der Waals surface area contributed by atoms with Gasteiger partial charge in [0.25, 0.3) is 5.79 Å². The van der Waals surface area contributed by atoms with Gasteiger partial charge in [-0.25, -0.2) is 0 Å². The van der Waals surface area contributed by atoms with Crippen LogP contribution in [0.25, 0.3) is 0 Å². The van der Waals surface area contributed by atoms with E-state index >= 15 is 0 Å². The molecule has 6 nitrogen and oxygen atoms in total. The second-order valence-corrected chi connectivity index (χ2v) is 12.4. The molecule has 4 aliphatic rings.